The van der Waals surface area contributed by atoms with E-state index in [9.17, 15) is 57.8 Å². The highest BCUT2D eigenvalue weighted by Gasteiger charge is 2.44. The summed E-state index contributed by atoms with van der Waals surface area (Å²) in [4.78, 5) is 154. The van der Waals surface area contributed by atoms with Crippen molar-refractivity contribution >= 4 is 86.1 Å². The Morgan fingerprint density at radius 3 is 2.00 bits per heavy atom. The maximum absolute atomic E-state index is 14.6. The molecular formula is C66H102BrN5O17. The monoisotopic (exact) mass is 1320 g/mol. The molecule has 1 aromatic carbocycles. The van der Waals surface area contributed by atoms with Crippen molar-refractivity contribution in [2.75, 3.05) is 73.7 Å². The summed E-state index contributed by atoms with van der Waals surface area (Å²) in [6, 6.07) is 1.91. The minimum atomic E-state index is -1.29. The lowest BCUT2D eigenvalue weighted by atomic mass is 9.83. The zero-order valence-corrected chi connectivity index (χ0v) is 57.0. The average molecular weight is 1320 g/mol. The topological polar surface area (TPSA) is 288 Å². The summed E-state index contributed by atoms with van der Waals surface area (Å²) in [5.74, 6) is -9.07. The summed E-state index contributed by atoms with van der Waals surface area (Å²) in [6.45, 7) is 18.6. The Morgan fingerprint density at radius 2 is 1.43 bits per heavy atom. The summed E-state index contributed by atoms with van der Waals surface area (Å²) in [5, 5.41) is 16.0. The van der Waals surface area contributed by atoms with Crippen molar-refractivity contribution in [2.45, 2.75) is 196 Å². The standard InChI is InChI=1S/C66H102BrN5O17/c1-16-40(6)62(71(13)65(82)47(38(2)3)36-54(77)61(39(4)5)70(11)12)56(85-14)37-58(79)72-27-17-20-49(72)63(86-15)43(9)52(75)35-46(66(83)84)33-45-23-24-55-48(34-45)69-64(81)41(7)32-53(76)44(10)68-57(78)25-30-87-28-18-21-50(73)42(8)60(67)51(74)22-19-29-88-31-26-59(80)89-55/h23-24,34,38-41,43-44,46-47,49,56,61-63H,16-22,25-33,35-37H2,1-15H3,(H,68,78)(H,69,81)(H,83,84)/b60-42+/t40-,41+,43-,44-,46+,47-,49-,56+,61-,62-,63+/m0/s1. The summed E-state index contributed by atoms with van der Waals surface area (Å²) in [7, 11) is 8.39. The Hall–Kier alpha value is -5.59. The number of benzene rings is 1. The van der Waals surface area contributed by atoms with Gasteiger partial charge in [0.25, 0.3) is 0 Å². The second-order valence-corrected chi connectivity index (χ2v) is 25.8. The number of carboxylic acids is 1. The minimum absolute atomic E-state index is 0.0116. The molecule has 2 aliphatic heterocycles. The third kappa shape index (κ3) is 23.9. The molecule has 23 heteroatoms. The molecule has 1 aromatic rings. The molecule has 0 radical (unpaired) electrons. The molecular weight excluding hydrogens is 1210 g/mol. The maximum Gasteiger partial charge on any atom is 0.313 e. The van der Waals surface area contributed by atoms with Crippen LogP contribution < -0.4 is 15.4 Å². The van der Waals surface area contributed by atoms with E-state index in [0.717, 1.165) is 0 Å². The fraction of sp³-hybridized carbons (Fsp3) is 0.712. The summed E-state index contributed by atoms with van der Waals surface area (Å²) >= 11 is 3.25. The van der Waals surface area contributed by atoms with Gasteiger partial charge in [0.15, 0.2) is 28.9 Å². The number of aliphatic carboxylic acids is 1. The minimum Gasteiger partial charge on any atom is -0.481 e. The number of carbonyl (C=O) groups excluding carboxylic acids is 10. The van der Waals surface area contributed by atoms with Crippen LogP contribution in [-0.4, -0.2) is 189 Å². The molecule has 11 atom stereocenters. The average Bonchev–Trinajstić information content (AvgIpc) is 2.98. The van der Waals surface area contributed by atoms with Crippen LogP contribution in [0.3, 0.4) is 0 Å². The molecule has 89 heavy (non-hydrogen) atoms. The molecule has 3 rings (SSSR count). The van der Waals surface area contributed by atoms with Gasteiger partial charge in [0.2, 0.25) is 23.6 Å². The predicted molar refractivity (Wildman–Crippen MR) is 339 cm³/mol. The summed E-state index contributed by atoms with van der Waals surface area (Å²) in [6.07, 6.45) is -0.203. The van der Waals surface area contributed by atoms with Gasteiger partial charge in [0.05, 0.1) is 78.5 Å². The van der Waals surface area contributed by atoms with Crippen molar-refractivity contribution in [3.63, 3.8) is 0 Å². The highest BCUT2D eigenvalue weighted by atomic mass is 79.9. The molecule has 22 nitrogen and oxygen atoms in total. The van der Waals surface area contributed by atoms with Crippen LogP contribution in [0.1, 0.15) is 158 Å². The number of halogens is 1. The van der Waals surface area contributed by atoms with E-state index >= 15 is 0 Å². The van der Waals surface area contributed by atoms with Gasteiger partial charge in [-0.1, -0.05) is 67.9 Å². The number of hydrogen-bond acceptors (Lipinski definition) is 17. The molecule has 0 aromatic heterocycles. The molecule has 0 saturated carbocycles. The van der Waals surface area contributed by atoms with Crippen LogP contribution >= 0.6 is 15.9 Å². The van der Waals surface area contributed by atoms with Gasteiger partial charge in [-0.05, 0) is 111 Å². The number of esters is 1. The van der Waals surface area contributed by atoms with Gasteiger partial charge in [-0.2, -0.15) is 0 Å². The van der Waals surface area contributed by atoms with Crippen LogP contribution in [-0.2, 0) is 78.1 Å². The van der Waals surface area contributed by atoms with Crippen LogP contribution in [0.2, 0.25) is 0 Å². The van der Waals surface area contributed by atoms with Crippen LogP contribution in [0.5, 0.6) is 5.75 Å². The quantitative estimate of drug-likeness (QED) is 0.0696. The van der Waals surface area contributed by atoms with Gasteiger partial charge in [-0.25, -0.2) is 0 Å². The van der Waals surface area contributed by atoms with E-state index in [1.54, 1.807) is 30.7 Å². The number of carbonyl (C=O) groups is 11. The molecule has 3 N–H and O–H groups in total. The largest absolute Gasteiger partial charge is 0.481 e. The van der Waals surface area contributed by atoms with E-state index in [1.165, 1.54) is 46.3 Å². The zero-order valence-electron chi connectivity index (χ0n) is 55.4. The molecule has 0 unspecified atom stereocenters. The number of methoxy groups -OCH3 is 2. The highest BCUT2D eigenvalue weighted by molar-refractivity contribution is 9.12. The number of carboxylic acid groups (broad SMARTS) is 1. The van der Waals surface area contributed by atoms with E-state index in [-0.39, 0.29) is 152 Å². The van der Waals surface area contributed by atoms with Crippen molar-refractivity contribution < 1.29 is 81.5 Å². The molecule has 0 aliphatic carbocycles. The van der Waals surface area contributed by atoms with E-state index in [4.69, 9.17) is 23.7 Å². The first-order valence-corrected chi connectivity index (χ1v) is 32.3. The van der Waals surface area contributed by atoms with Gasteiger partial charge in [0, 0.05) is 103 Å². The summed E-state index contributed by atoms with van der Waals surface area (Å²) < 4.78 is 29.1. The van der Waals surface area contributed by atoms with Gasteiger partial charge in [-0.3, -0.25) is 57.6 Å². The fourth-order valence-electron chi connectivity index (χ4n) is 11.9. The summed E-state index contributed by atoms with van der Waals surface area (Å²) in [5.41, 5.74) is 0.604. The van der Waals surface area contributed by atoms with E-state index in [2.05, 4.69) is 26.6 Å². The Bertz CT molecular complexity index is 2630. The van der Waals surface area contributed by atoms with E-state index in [1.807, 2.05) is 60.5 Å². The second-order valence-electron chi connectivity index (χ2n) is 25.0. The van der Waals surface area contributed by atoms with Crippen molar-refractivity contribution in [1.82, 2.24) is 20.0 Å². The Kier molecular flexibility index (Phi) is 33.4. The molecule has 0 bridgehead atoms. The van der Waals surface area contributed by atoms with Crippen molar-refractivity contribution in [2.24, 2.45) is 41.4 Å². The predicted octanol–water partition coefficient (Wildman–Crippen LogP) is 7.77. The third-order valence-corrected chi connectivity index (χ3v) is 18.4. The van der Waals surface area contributed by atoms with Gasteiger partial charge < -0.3 is 49.2 Å². The SMILES string of the molecule is CC[C@H](C)[C@@H]([C@@H](CC(=O)N1CCC[C@H]1[C@H](OC)[C@@H](C)C(=O)C[C@@H](Cc1ccc2c(c1)NC(=O)[C@H](C)CC(=O)[C@H](C)NC(=O)CCOCCCC(=O)/C(C)=C(/Br)C(=O)CCCOCCC(=O)O2)C(=O)O)OC)N(C)C(=O)[C@@H](CC(=O)[C@H](C(C)C)N(C)C)C(C)C. The third-order valence-electron chi connectivity index (χ3n) is 17.3. The molecule has 1 fully saturated rings. The lowest BCUT2D eigenvalue weighted by molar-refractivity contribution is -0.149. The smallest absolute Gasteiger partial charge is 0.313 e. The first-order valence-electron chi connectivity index (χ1n) is 31.5. The number of nitrogens with one attached hydrogen (secondary N) is 2. The number of likely N-dealkylation sites (tertiary alicyclic amines) is 1. The van der Waals surface area contributed by atoms with Gasteiger partial charge >= 0.3 is 11.9 Å². The Balaban J connectivity index is 1.86. The van der Waals surface area contributed by atoms with Crippen LogP contribution in [0.15, 0.2) is 28.3 Å². The number of fused-ring (bicyclic) bond motifs is 1. The molecule has 4 amide bonds. The Labute approximate surface area is 535 Å². The second kappa shape index (κ2) is 38.3. The number of allylic oxidation sites excluding steroid dienone is 2. The first-order chi connectivity index (χ1) is 41.9. The first kappa shape index (κ1) is 77.7. The van der Waals surface area contributed by atoms with Gasteiger partial charge in [0.1, 0.15) is 5.78 Å². The molecule has 2 aliphatic rings. The molecule has 0 spiro atoms. The number of Topliss-reactive ketones (excluding diaryl/α,β-unsaturated/α-hetero) is 5. The van der Waals surface area contributed by atoms with Crippen molar-refractivity contribution in [3.8, 4) is 5.75 Å². The van der Waals surface area contributed by atoms with Crippen LogP contribution in [0.4, 0.5) is 5.69 Å². The van der Waals surface area contributed by atoms with Crippen LogP contribution in [0.25, 0.3) is 0 Å². The maximum atomic E-state index is 14.6. The number of anilines is 1. The molecule has 500 valence electrons. The fourth-order valence-corrected chi connectivity index (χ4v) is 12.3. The number of ketones is 5. The number of likely N-dealkylation sites (N-methyl/N-ethyl adjacent to an activating group) is 2. The van der Waals surface area contributed by atoms with E-state index in [0.29, 0.717) is 44.2 Å². The zero-order chi connectivity index (χ0) is 67.0. The normalized spacial score (nSPS) is 22.6. The Morgan fingerprint density at radius 1 is 0.798 bits per heavy atom. The molecule has 1 saturated heterocycles. The van der Waals surface area contributed by atoms with Crippen LogP contribution in [0, 0.1) is 41.4 Å². The number of nitrogens with zero attached hydrogens (tertiary/aromatic N) is 3. The molecule has 2 heterocycles. The van der Waals surface area contributed by atoms with Crippen molar-refractivity contribution in [1.29, 1.82) is 0 Å². The number of amides is 4. The highest BCUT2D eigenvalue weighted by Crippen LogP contribution is 2.34. The lowest BCUT2D eigenvalue weighted by Crippen LogP contribution is -2.54. The number of ether oxygens (including phenoxy) is 5. The van der Waals surface area contributed by atoms with Gasteiger partial charge in [-0.15, -0.1) is 0 Å². The number of rotatable bonds is 23. The number of hydrogen-bond donors (Lipinski definition) is 3. The lowest BCUT2D eigenvalue weighted by Gasteiger charge is -2.41. The van der Waals surface area contributed by atoms with E-state index < -0.39 is 95.7 Å². The van der Waals surface area contributed by atoms with Crippen molar-refractivity contribution in [3.05, 3.63) is 33.8 Å².